The average molecular weight is 526 g/mol. The van der Waals surface area contributed by atoms with Crippen LogP contribution in [0.4, 0.5) is 0 Å². The Morgan fingerprint density at radius 2 is 1.59 bits per heavy atom. The van der Waals surface area contributed by atoms with Gasteiger partial charge in [0.15, 0.2) is 11.0 Å². The van der Waals surface area contributed by atoms with Crippen LogP contribution in [0, 0.1) is 0 Å². The van der Waals surface area contributed by atoms with Crippen LogP contribution in [-0.2, 0) is 5.75 Å². The van der Waals surface area contributed by atoms with Crippen molar-refractivity contribution in [2.45, 2.75) is 10.9 Å². The van der Waals surface area contributed by atoms with Gasteiger partial charge in [-0.15, -0.1) is 10.2 Å². The van der Waals surface area contributed by atoms with Crippen LogP contribution in [0.25, 0.3) is 17.1 Å². The van der Waals surface area contributed by atoms with Crippen molar-refractivity contribution in [3.63, 3.8) is 0 Å². The van der Waals surface area contributed by atoms with Gasteiger partial charge in [0.05, 0.1) is 20.8 Å². The van der Waals surface area contributed by atoms with E-state index < -0.39 is 0 Å². The number of hydrogen-bond acceptors (Lipinski definition) is 3. The third kappa shape index (κ3) is 4.65. The molecule has 0 aliphatic rings. The lowest BCUT2D eigenvalue weighted by Crippen LogP contribution is -2.00. The van der Waals surface area contributed by atoms with Crippen molar-refractivity contribution in [2.24, 2.45) is 0 Å². The smallest absolute Gasteiger partial charge is 0.196 e. The van der Waals surface area contributed by atoms with Gasteiger partial charge in [-0.1, -0.05) is 86.8 Å². The predicted molar refractivity (Wildman–Crippen MR) is 126 cm³/mol. The molecule has 1 aromatic heterocycles. The summed E-state index contributed by atoms with van der Waals surface area (Å²) in [5.41, 5.74) is 2.79. The monoisotopic (exact) mass is 523 g/mol. The minimum absolute atomic E-state index is 0.465. The highest BCUT2D eigenvalue weighted by Gasteiger charge is 2.18. The van der Waals surface area contributed by atoms with Gasteiger partial charge in [-0.05, 0) is 48.0 Å². The molecule has 4 rings (SSSR count). The van der Waals surface area contributed by atoms with Gasteiger partial charge in [0.2, 0.25) is 0 Å². The first-order valence-corrected chi connectivity index (χ1v) is 11.5. The summed E-state index contributed by atoms with van der Waals surface area (Å²) in [6.07, 6.45) is 0. The Kier molecular flexibility index (Phi) is 6.52. The lowest BCUT2D eigenvalue weighted by Gasteiger charge is -2.12. The molecule has 4 aromatic rings. The van der Waals surface area contributed by atoms with Crippen LogP contribution in [0.3, 0.4) is 0 Å². The first kappa shape index (κ1) is 20.8. The van der Waals surface area contributed by atoms with Crippen molar-refractivity contribution in [2.75, 3.05) is 0 Å². The summed E-state index contributed by atoms with van der Waals surface area (Å²) in [4.78, 5) is 0. The minimum atomic E-state index is 0.465. The SMILES string of the molecule is Clc1ccc(-n2c(SCc3ccc(Br)cc3)nnc2-c2ccccc2Cl)cc1Cl. The quantitative estimate of drug-likeness (QED) is 0.248. The maximum Gasteiger partial charge on any atom is 0.196 e. The molecule has 3 nitrogen and oxygen atoms in total. The molecule has 0 radical (unpaired) electrons. The van der Waals surface area contributed by atoms with Crippen molar-refractivity contribution in [1.82, 2.24) is 14.8 Å². The maximum absolute atomic E-state index is 6.43. The highest BCUT2D eigenvalue weighted by Crippen LogP contribution is 2.34. The van der Waals surface area contributed by atoms with E-state index in [2.05, 4.69) is 38.3 Å². The molecule has 29 heavy (non-hydrogen) atoms. The van der Waals surface area contributed by atoms with Gasteiger partial charge in [-0.3, -0.25) is 4.57 Å². The second-order valence-corrected chi connectivity index (χ2v) is 9.21. The molecule has 8 heteroatoms. The zero-order valence-electron chi connectivity index (χ0n) is 14.8. The van der Waals surface area contributed by atoms with Crippen molar-refractivity contribution in [1.29, 1.82) is 0 Å². The topological polar surface area (TPSA) is 30.7 Å². The Morgan fingerprint density at radius 3 is 2.31 bits per heavy atom. The molecule has 3 aromatic carbocycles. The maximum atomic E-state index is 6.43. The zero-order valence-corrected chi connectivity index (χ0v) is 19.5. The predicted octanol–water partition coefficient (Wildman–Crippen LogP) is 7.95. The van der Waals surface area contributed by atoms with Gasteiger partial charge < -0.3 is 0 Å². The third-order valence-corrected chi connectivity index (χ3v) is 6.79. The van der Waals surface area contributed by atoms with E-state index in [1.807, 2.05) is 47.0 Å². The molecule has 0 bridgehead atoms. The number of thioether (sulfide) groups is 1. The minimum Gasteiger partial charge on any atom is -0.270 e. The molecule has 0 fully saturated rings. The number of benzene rings is 3. The second-order valence-electron chi connectivity index (χ2n) is 6.13. The fraction of sp³-hybridized carbons (Fsp3) is 0.0476. The highest BCUT2D eigenvalue weighted by molar-refractivity contribution is 9.10. The fourth-order valence-electron chi connectivity index (χ4n) is 2.77. The fourth-order valence-corrected chi connectivity index (χ4v) is 4.45. The van der Waals surface area contributed by atoms with Gasteiger partial charge in [-0.25, -0.2) is 0 Å². The number of aromatic nitrogens is 3. The van der Waals surface area contributed by atoms with E-state index in [1.165, 1.54) is 5.56 Å². The average Bonchev–Trinajstić information content (AvgIpc) is 3.14. The number of rotatable bonds is 5. The first-order valence-electron chi connectivity index (χ1n) is 8.56. The summed E-state index contributed by atoms with van der Waals surface area (Å²) in [5, 5.41) is 11.1. The van der Waals surface area contributed by atoms with Crippen molar-refractivity contribution in [3.05, 3.63) is 91.8 Å². The van der Waals surface area contributed by atoms with E-state index in [-0.39, 0.29) is 0 Å². The molecule has 0 aliphatic carbocycles. The Bertz CT molecular complexity index is 1160. The lowest BCUT2D eigenvalue weighted by molar-refractivity contribution is 0.886. The molecule has 0 N–H and O–H groups in total. The number of nitrogens with zero attached hydrogens (tertiary/aromatic N) is 3. The van der Waals surface area contributed by atoms with E-state index in [0.29, 0.717) is 20.9 Å². The molecular formula is C21H13BrCl3N3S. The summed E-state index contributed by atoms with van der Waals surface area (Å²) in [6.45, 7) is 0. The van der Waals surface area contributed by atoms with E-state index in [0.717, 1.165) is 26.6 Å². The number of hydrogen-bond donors (Lipinski definition) is 0. The first-order chi connectivity index (χ1) is 14.0. The molecule has 0 saturated carbocycles. The summed E-state index contributed by atoms with van der Waals surface area (Å²) in [5.74, 6) is 1.39. The van der Waals surface area contributed by atoms with Gasteiger partial charge in [0, 0.05) is 15.8 Å². The van der Waals surface area contributed by atoms with Crippen LogP contribution in [0.2, 0.25) is 15.1 Å². The Hall–Kier alpha value is -1.50. The Morgan fingerprint density at radius 1 is 0.828 bits per heavy atom. The van der Waals surface area contributed by atoms with E-state index in [4.69, 9.17) is 34.8 Å². The lowest BCUT2D eigenvalue weighted by atomic mass is 10.2. The van der Waals surface area contributed by atoms with E-state index in [9.17, 15) is 0 Å². The van der Waals surface area contributed by atoms with Gasteiger partial charge >= 0.3 is 0 Å². The zero-order chi connectivity index (χ0) is 20.4. The molecule has 0 aliphatic heterocycles. The van der Waals surface area contributed by atoms with Gasteiger partial charge in [0.25, 0.3) is 0 Å². The Balaban J connectivity index is 1.77. The second kappa shape index (κ2) is 9.11. The molecule has 0 unspecified atom stereocenters. The van der Waals surface area contributed by atoms with E-state index in [1.54, 1.807) is 23.9 Å². The normalized spacial score (nSPS) is 11.0. The molecular weight excluding hydrogens is 513 g/mol. The van der Waals surface area contributed by atoms with Crippen LogP contribution in [0.5, 0.6) is 0 Å². The van der Waals surface area contributed by atoms with Gasteiger partial charge in [0.1, 0.15) is 0 Å². The van der Waals surface area contributed by atoms with Crippen LogP contribution >= 0.6 is 62.5 Å². The van der Waals surface area contributed by atoms with Crippen LogP contribution in [0.15, 0.2) is 76.4 Å². The summed E-state index contributed by atoms with van der Waals surface area (Å²) < 4.78 is 3.00. The van der Waals surface area contributed by atoms with Crippen LogP contribution in [0.1, 0.15) is 5.56 Å². The van der Waals surface area contributed by atoms with Crippen LogP contribution < -0.4 is 0 Å². The largest absolute Gasteiger partial charge is 0.270 e. The van der Waals surface area contributed by atoms with Crippen LogP contribution in [-0.4, -0.2) is 14.8 Å². The van der Waals surface area contributed by atoms with Crippen molar-refractivity contribution >= 4 is 62.5 Å². The van der Waals surface area contributed by atoms with Crippen molar-refractivity contribution < 1.29 is 0 Å². The highest BCUT2D eigenvalue weighted by atomic mass is 79.9. The molecule has 0 atom stereocenters. The summed E-state index contributed by atoms with van der Waals surface area (Å²) >= 11 is 23.9. The summed E-state index contributed by atoms with van der Waals surface area (Å²) in [6, 6.07) is 21.2. The molecule has 146 valence electrons. The molecule has 0 spiro atoms. The third-order valence-electron chi connectivity index (χ3n) is 4.19. The number of halogens is 4. The molecule has 1 heterocycles. The Labute approximate surface area is 196 Å². The van der Waals surface area contributed by atoms with Crippen molar-refractivity contribution in [3.8, 4) is 17.1 Å². The molecule has 0 amide bonds. The van der Waals surface area contributed by atoms with E-state index >= 15 is 0 Å². The standard InChI is InChI=1S/C21H13BrCl3N3S/c22-14-7-5-13(6-8-14)12-29-21-27-26-20(16-3-1-2-4-17(16)23)28(21)15-9-10-18(24)19(25)11-15/h1-11H,12H2. The van der Waals surface area contributed by atoms with Gasteiger partial charge in [-0.2, -0.15) is 0 Å². The summed E-state index contributed by atoms with van der Waals surface area (Å²) in [7, 11) is 0. The molecule has 0 saturated heterocycles.